The fourth-order valence-corrected chi connectivity index (χ4v) is 6.98. The number of esters is 1. The Labute approximate surface area is 309 Å². The van der Waals surface area contributed by atoms with E-state index in [0.29, 0.717) is 21.5 Å². The third kappa shape index (κ3) is 8.16. The Bertz CT molecular complexity index is 2410. The minimum atomic E-state index is -0.715. The van der Waals surface area contributed by atoms with Gasteiger partial charge < -0.3 is 19.4 Å². The summed E-state index contributed by atoms with van der Waals surface area (Å²) >= 11 is 1.24. The monoisotopic (exact) mass is 728 g/mol. The Kier molecular flexibility index (Phi) is 10.4. The van der Waals surface area contributed by atoms with Crippen molar-refractivity contribution in [1.29, 1.82) is 0 Å². The number of amides is 2. The summed E-state index contributed by atoms with van der Waals surface area (Å²) in [5.74, 6) is -1.84. The number of para-hydroxylation sites is 1. The zero-order chi connectivity index (χ0) is 36.9. The van der Waals surface area contributed by atoms with Gasteiger partial charge in [-0.05, 0) is 73.1 Å². The lowest BCUT2D eigenvalue weighted by atomic mass is 10.1. The highest BCUT2D eigenvalue weighted by Crippen LogP contribution is 2.32. The van der Waals surface area contributed by atoms with Gasteiger partial charge in [0.1, 0.15) is 17.9 Å². The second-order valence-electron chi connectivity index (χ2n) is 12.6. The molecule has 0 radical (unpaired) electrons. The van der Waals surface area contributed by atoms with E-state index in [-0.39, 0.29) is 35.0 Å². The molecule has 1 aliphatic heterocycles. The van der Waals surface area contributed by atoms with Crippen molar-refractivity contribution in [2.75, 3.05) is 31.4 Å². The van der Waals surface area contributed by atoms with E-state index in [4.69, 9.17) is 9.15 Å². The number of ether oxygens (including phenoxy) is 1. The highest BCUT2D eigenvalue weighted by atomic mass is 32.2. The van der Waals surface area contributed by atoms with Gasteiger partial charge in [0.05, 0.1) is 33.4 Å². The number of aryl methyl sites for hydroxylation is 1. The molecule has 2 N–H and O–H groups in total. The summed E-state index contributed by atoms with van der Waals surface area (Å²) in [4.78, 5) is 55.3. The fraction of sp³-hybridized carbons (Fsp3) is 0.175. The summed E-state index contributed by atoms with van der Waals surface area (Å²) in [5, 5.41) is 10.1. The number of thioether (sulfide) groups is 1. The number of benzene rings is 4. The van der Waals surface area contributed by atoms with Crippen LogP contribution in [0.5, 0.6) is 0 Å². The number of carbonyl (C=O) groups is 3. The number of rotatable bonds is 12. The zero-order valence-electron chi connectivity index (χ0n) is 29.1. The molecule has 2 amide bonds. The molecule has 0 saturated heterocycles. The fourth-order valence-electron chi connectivity index (χ4n) is 6.02. The Morgan fingerprint density at radius 1 is 0.925 bits per heavy atom. The van der Waals surface area contributed by atoms with Gasteiger partial charge >= 0.3 is 11.9 Å². The molecule has 6 aromatic rings. The number of nitrogens with zero attached hydrogens (tertiary/aromatic N) is 4. The van der Waals surface area contributed by atoms with Crippen molar-refractivity contribution in [1.82, 2.24) is 25.1 Å². The van der Waals surface area contributed by atoms with Crippen molar-refractivity contribution in [2.24, 2.45) is 7.05 Å². The van der Waals surface area contributed by atoms with E-state index in [1.807, 2.05) is 42.2 Å². The predicted octanol–water partition coefficient (Wildman–Crippen LogP) is 5.71. The minimum absolute atomic E-state index is 0.0996. The van der Waals surface area contributed by atoms with E-state index in [0.717, 1.165) is 42.0 Å². The van der Waals surface area contributed by atoms with E-state index >= 15 is 0 Å². The molecule has 0 spiro atoms. The molecule has 268 valence electrons. The second kappa shape index (κ2) is 15.6. The van der Waals surface area contributed by atoms with Crippen LogP contribution in [0.1, 0.15) is 32.0 Å². The summed E-state index contributed by atoms with van der Waals surface area (Å²) in [6.07, 6.45) is 2.69. The first-order valence-corrected chi connectivity index (χ1v) is 17.9. The third-order valence-corrected chi connectivity index (χ3v) is 9.86. The molecule has 53 heavy (non-hydrogen) atoms. The lowest BCUT2D eigenvalue weighted by molar-refractivity contribution is -0.114. The van der Waals surface area contributed by atoms with E-state index in [1.54, 1.807) is 54.6 Å². The van der Waals surface area contributed by atoms with Crippen LogP contribution in [0.2, 0.25) is 0 Å². The number of aromatic nitrogens is 2. The van der Waals surface area contributed by atoms with Crippen molar-refractivity contribution in [3.63, 3.8) is 0 Å². The summed E-state index contributed by atoms with van der Waals surface area (Å²) in [6.45, 7) is 1.44. The predicted molar refractivity (Wildman–Crippen MR) is 204 cm³/mol. The van der Waals surface area contributed by atoms with Crippen molar-refractivity contribution in [3.05, 3.63) is 153 Å². The maximum atomic E-state index is 13.9. The first kappa shape index (κ1) is 35.2. The summed E-state index contributed by atoms with van der Waals surface area (Å²) in [5.41, 5.74) is 7.03. The van der Waals surface area contributed by atoms with Crippen LogP contribution in [0.25, 0.3) is 21.9 Å². The van der Waals surface area contributed by atoms with Crippen LogP contribution in [-0.4, -0.2) is 63.5 Å². The molecular weight excluding hydrogens is 693 g/mol. The number of carbonyl (C=O) groups excluding carboxylic acids is 3. The van der Waals surface area contributed by atoms with Crippen LogP contribution in [-0.2, 0) is 29.5 Å². The number of hydrazine groups is 1. The van der Waals surface area contributed by atoms with E-state index in [2.05, 4.69) is 46.0 Å². The molecule has 3 heterocycles. The molecule has 0 aliphatic carbocycles. The lowest BCUT2D eigenvalue weighted by Gasteiger charge is -2.22. The molecule has 0 saturated carbocycles. The van der Waals surface area contributed by atoms with Crippen molar-refractivity contribution >= 4 is 57.1 Å². The molecule has 1 aliphatic rings. The van der Waals surface area contributed by atoms with Gasteiger partial charge in [0.2, 0.25) is 0 Å². The van der Waals surface area contributed by atoms with Crippen LogP contribution >= 0.6 is 11.8 Å². The van der Waals surface area contributed by atoms with Gasteiger partial charge in [0, 0.05) is 37.3 Å². The van der Waals surface area contributed by atoms with E-state index in [9.17, 15) is 19.2 Å². The molecule has 0 bridgehead atoms. The van der Waals surface area contributed by atoms with Gasteiger partial charge in [-0.1, -0.05) is 48.5 Å². The van der Waals surface area contributed by atoms with Crippen LogP contribution in [0.15, 0.2) is 129 Å². The van der Waals surface area contributed by atoms with Gasteiger partial charge in [0.15, 0.2) is 11.2 Å². The molecule has 0 fully saturated rings. The second-order valence-corrected chi connectivity index (χ2v) is 13.7. The quantitative estimate of drug-likeness (QED) is 0.151. The van der Waals surface area contributed by atoms with Gasteiger partial charge in [-0.3, -0.25) is 29.5 Å². The van der Waals surface area contributed by atoms with Crippen LogP contribution in [0.4, 0.5) is 5.69 Å². The van der Waals surface area contributed by atoms with Crippen LogP contribution in [0.3, 0.4) is 0 Å². The molecule has 2 aromatic heterocycles. The number of likely N-dealkylation sites (N-methyl/N-ethyl adjacent to an activating group) is 1. The van der Waals surface area contributed by atoms with Gasteiger partial charge in [-0.15, -0.1) is 11.8 Å². The maximum absolute atomic E-state index is 13.9. The summed E-state index contributed by atoms with van der Waals surface area (Å²) < 4.78 is 13.1. The van der Waals surface area contributed by atoms with Crippen LogP contribution < -0.4 is 16.2 Å². The first-order chi connectivity index (χ1) is 25.7. The average Bonchev–Trinajstić information content (AvgIpc) is 3.75. The molecule has 13 heteroatoms. The number of hydrogen-bond acceptors (Lipinski definition) is 10. The molecule has 0 atom stereocenters. The van der Waals surface area contributed by atoms with Crippen LogP contribution in [0, 0.1) is 0 Å². The molecule has 12 nitrogen and oxygen atoms in total. The van der Waals surface area contributed by atoms with Crippen molar-refractivity contribution < 1.29 is 23.5 Å². The van der Waals surface area contributed by atoms with E-state index < -0.39 is 17.8 Å². The number of nitrogens with one attached hydrogen (secondary N) is 2. The maximum Gasteiger partial charge on any atom is 0.338 e. The topological polar surface area (TPSA) is 139 Å². The molecule has 0 unspecified atom stereocenters. The Hall–Kier alpha value is -6.18. The highest BCUT2D eigenvalue weighted by molar-refractivity contribution is 8.03. The largest absolute Gasteiger partial charge is 0.457 e. The molecule has 7 rings (SSSR count). The Morgan fingerprint density at radius 2 is 1.68 bits per heavy atom. The smallest absolute Gasteiger partial charge is 0.338 e. The minimum Gasteiger partial charge on any atom is -0.457 e. The standard InChI is InChI=1S/C40H36N6O6S/c1-44(23-27-14-17-32-29(20-27)22-41-45(32)2)19-18-26-12-15-30(16-13-26)42-39(49)37-36(24-51-40(50)28-8-4-3-5-9-28)53-25-46(37)43-38(48)35-21-33(47)31-10-6-7-11-34(31)52-35/h3-17,20-22H,18-19,23-25H2,1-2H3,(H,42,49)(H,43,48). The van der Waals surface area contributed by atoms with Gasteiger partial charge in [0.25, 0.3) is 5.91 Å². The number of fused-ring (bicyclic) bond motifs is 2. The summed E-state index contributed by atoms with van der Waals surface area (Å²) in [6, 6.07) is 30.3. The van der Waals surface area contributed by atoms with Crippen molar-refractivity contribution in [3.8, 4) is 0 Å². The SMILES string of the molecule is CN(CCc1ccc(NC(=O)C2=C(COC(=O)c3ccccc3)SCN2NC(=O)c2cc(=O)c3ccccc3o2)cc1)Cc1ccc2c(cnn2C)c1. The van der Waals surface area contributed by atoms with Gasteiger partial charge in [-0.2, -0.15) is 5.10 Å². The number of hydrogen-bond donors (Lipinski definition) is 2. The highest BCUT2D eigenvalue weighted by Gasteiger charge is 2.32. The average molecular weight is 729 g/mol. The first-order valence-electron chi connectivity index (χ1n) is 16.9. The Morgan fingerprint density at radius 3 is 2.49 bits per heavy atom. The lowest BCUT2D eigenvalue weighted by Crippen LogP contribution is -2.43. The summed E-state index contributed by atoms with van der Waals surface area (Å²) in [7, 11) is 4.02. The van der Waals surface area contributed by atoms with Crippen molar-refractivity contribution in [2.45, 2.75) is 13.0 Å². The van der Waals surface area contributed by atoms with Gasteiger partial charge in [-0.25, -0.2) is 4.79 Å². The zero-order valence-corrected chi connectivity index (χ0v) is 29.9. The molecular formula is C40H36N6O6S. The third-order valence-electron chi connectivity index (χ3n) is 8.81. The molecule has 4 aromatic carbocycles. The number of anilines is 1. The Balaban J connectivity index is 1.02. The normalized spacial score (nSPS) is 12.8. The van der Waals surface area contributed by atoms with E-state index in [1.165, 1.54) is 22.3 Å².